The summed E-state index contributed by atoms with van der Waals surface area (Å²) in [6, 6.07) is 0.575. The van der Waals surface area contributed by atoms with Crippen molar-refractivity contribution in [1.82, 2.24) is 0 Å². The van der Waals surface area contributed by atoms with Crippen molar-refractivity contribution in [3.8, 4) is 0 Å². The van der Waals surface area contributed by atoms with E-state index < -0.39 is 8.80 Å². The molecule has 0 aliphatic carbocycles. The molecule has 85 valence electrons. The van der Waals surface area contributed by atoms with Gasteiger partial charge in [-0.1, -0.05) is 0 Å². The molecular formula is C10H23O3Si. The average molecular weight is 219 g/mol. The van der Waals surface area contributed by atoms with Crippen molar-refractivity contribution in [2.45, 2.75) is 46.3 Å². The fourth-order valence-electron chi connectivity index (χ4n) is 1.20. The number of rotatable bonds is 6. The van der Waals surface area contributed by atoms with Crippen LogP contribution in [0.1, 0.15) is 34.6 Å². The first kappa shape index (κ1) is 14.1. The first-order valence-electron chi connectivity index (χ1n) is 5.16. The molecule has 1 radical (unpaired) electrons. The quantitative estimate of drug-likeness (QED) is 0.643. The SMILES string of the molecule is [CH2]C[Si](OCC)(OCC)OC(C)(C)C. The van der Waals surface area contributed by atoms with Crippen molar-refractivity contribution in [3.05, 3.63) is 6.92 Å². The molecule has 0 aliphatic heterocycles. The second-order valence-electron chi connectivity index (χ2n) is 4.01. The Morgan fingerprint density at radius 1 is 1.07 bits per heavy atom. The lowest BCUT2D eigenvalue weighted by atomic mass is 10.2. The minimum atomic E-state index is -2.52. The summed E-state index contributed by atoms with van der Waals surface area (Å²) in [7, 11) is -2.52. The Kier molecular flexibility index (Phi) is 5.89. The lowest BCUT2D eigenvalue weighted by Gasteiger charge is -2.34. The van der Waals surface area contributed by atoms with E-state index in [1.54, 1.807) is 0 Å². The number of hydrogen-bond donors (Lipinski definition) is 0. The zero-order chi connectivity index (χ0) is 11.2. The highest BCUT2D eigenvalue weighted by Gasteiger charge is 2.42. The second kappa shape index (κ2) is 5.85. The van der Waals surface area contributed by atoms with Crippen molar-refractivity contribution in [2.75, 3.05) is 13.2 Å². The first-order chi connectivity index (χ1) is 6.39. The van der Waals surface area contributed by atoms with E-state index in [4.69, 9.17) is 13.3 Å². The van der Waals surface area contributed by atoms with Crippen LogP contribution in [-0.2, 0) is 13.3 Å². The number of hydrogen-bond acceptors (Lipinski definition) is 3. The molecule has 0 aliphatic rings. The lowest BCUT2D eigenvalue weighted by Crippen LogP contribution is -2.50. The van der Waals surface area contributed by atoms with E-state index in [2.05, 4.69) is 6.92 Å². The summed E-state index contributed by atoms with van der Waals surface area (Å²) in [4.78, 5) is 0. The molecule has 0 aromatic rings. The zero-order valence-electron chi connectivity index (χ0n) is 10.1. The monoisotopic (exact) mass is 219 g/mol. The molecule has 14 heavy (non-hydrogen) atoms. The summed E-state index contributed by atoms with van der Waals surface area (Å²) in [5, 5.41) is 0. The molecule has 4 heteroatoms. The van der Waals surface area contributed by atoms with Crippen LogP contribution in [-0.4, -0.2) is 27.6 Å². The highest BCUT2D eigenvalue weighted by Crippen LogP contribution is 2.22. The van der Waals surface area contributed by atoms with Gasteiger partial charge in [0.2, 0.25) is 0 Å². The van der Waals surface area contributed by atoms with Crippen LogP contribution < -0.4 is 0 Å². The van der Waals surface area contributed by atoms with Crippen molar-refractivity contribution in [3.63, 3.8) is 0 Å². The Balaban J connectivity index is 4.48. The molecule has 0 N–H and O–H groups in total. The lowest BCUT2D eigenvalue weighted by molar-refractivity contribution is 0.00147. The van der Waals surface area contributed by atoms with Crippen molar-refractivity contribution in [1.29, 1.82) is 0 Å². The maximum absolute atomic E-state index is 5.89. The summed E-state index contributed by atoms with van der Waals surface area (Å²) in [6.45, 7) is 15.0. The van der Waals surface area contributed by atoms with Crippen LogP contribution in [0, 0.1) is 6.92 Å². The van der Waals surface area contributed by atoms with Crippen LogP contribution in [0.4, 0.5) is 0 Å². The van der Waals surface area contributed by atoms with Gasteiger partial charge in [-0.2, -0.15) is 0 Å². The van der Waals surface area contributed by atoms with Crippen molar-refractivity contribution in [2.24, 2.45) is 0 Å². The summed E-state index contributed by atoms with van der Waals surface area (Å²) in [5.41, 5.74) is -0.242. The third kappa shape index (κ3) is 5.10. The zero-order valence-corrected chi connectivity index (χ0v) is 11.1. The molecule has 0 amide bonds. The Bertz CT molecular complexity index is 148. The second-order valence-corrected chi connectivity index (χ2v) is 6.66. The van der Waals surface area contributed by atoms with Gasteiger partial charge in [-0.3, -0.25) is 0 Å². The Hall–Kier alpha value is 0.0969. The molecule has 3 nitrogen and oxygen atoms in total. The molecule has 0 rings (SSSR count). The fourth-order valence-corrected chi connectivity index (χ4v) is 3.61. The third-order valence-corrected chi connectivity index (χ3v) is 4.49. The highest BCUT2D eigenvalue weighted by molar-refractivity contribution is 6.61. The van der Waals surface area contributed by atoms with E-state index in [1.807, 2.05) is 34.6 Å². The minimum absolute atomic E-state index is 0.242. The van der Waals surface area contributed by atoms with Crippen LogP contribution in [0.2, 0.25) is 6.04 Å². The van der Waals surface area contributed by atoms with Gasteiger partial charge >= 0.3 is 8.80 Å². The smallest absolute Gasteiger partial charge is 0.374 e. The maximum Gasteiger partial charge on any atom is 0.501 e. The Morgan fingerprint density at radius 2 is 1.50 bits per heavy atom. The van der Waals surface area contributed by atoms with E-state index in [0.717, 1.165) is 0 Å². The third-order valence-electron chi connectivity index (χ3n) is 1.50. The topological polar surface area (TPSA) is 27.7 Å². The molecule has 0 atom stereocenters. The van der Waals surface area contributed by atoms with Gasteiger partial charge in [0.25, 0.3) is 0 Å². The standard InChI is InChI=1S/C10H23O3Si/c1-7-11-14(9-3,12-8-2)13-10(4,5)6/h3,7-9H2,1-2,4-6H3. The summed E-state index contributed by atoms with van der Waals surface area (Å²) in [6.07, 6.45) is 0. The molecule has 0 fully saturated rings. The molecular weight excluding hydrogens is 196 g/mol. The molecule has 0 bridgehead atoms. The fraction of sp³-hybridized carbons (Fsp3) is 0.900. The maximum atomic E-state index is 5.89. The molecule has 0 spiro atoms. The molecule has 0 aromatic carbocycles. The van der Waals surface area contributed by atoms with Crippen molar-refractivity contribution >= 4 is 8.80 Å². The van der Waals surface area contributed by atoms with Gasteiger partial charge in [0.15, 0.2) is 0 Å². The molecule has 0 unspecified atom stereocenters. The van der Waals surface area contributed by atoms with Gasteiger partial charge in [0.05, 0.1) is 5.60 Å². The summed E-state index contributed by atoms with van der Waals surface area (Å²) >= 11 is 0. The highest BCUT2D eigenvalue weighted by atomic mass is 28.4. The van der Waals surface area contributed by atoms with E-state index in [9.17, 15) is 0 Å². The van der Waals surface area contributed by atoms with Crippen LogP contribution in [0.25, 0.3) is 0 Å². The van der Waals surface area contributed by atoms with Gasteiger partial charge < -0.3 is 13.3 Å². The van der Waals surface area contributed by atoms with E-state index in [-0.39, 0.29) is 5.60 Å². The molecule has 0 aromatic heterocycles. The van der Waals surface area contributed by atoms with E-state index in [1.165, 1.54) is 0 Å². The Labute approximate surface area is 89.1 Å². The van der Waals surface area contributed by atoms with Gasteiger partial charge in [-0.25, -0.2) is 0 Å². The first-order valence-corrected chi connectivity index (χ1v) is 7.09. The van der Waals surface area contributed by atoms with Crippen LogP contribution in [0.3, 0.4) is 0 Å². The van der Waals surface area contributed by atoms with E-state index >= 15 is 0 Å². The summed E-state index contributed by atoms with van der Waals surface area (Å²) in [5.74, 6) is 0. The Morgan fingerprint density at radius 3 is 1.71 bits per heavy atom. The summed E-state index contributed by atoms with van der Waals surface area (Å²) < 4.78 is 17.1. The van der Waals surface area contributed by atoms with Gasteiger partial charge in [0.1, 0.15) is 0 Å². The van der Waals surface area contributed by atoms with Gasteiger partial charge in [-0.05, 0) is 41.5 Å². The minimum Gasteiger partial charge on any atom is -0.374 e. The molecule has 0 saturated carbocycles. The van der Waals surface area contributed by atoms with Gasteiger partial charge in [-0.15, -0.1) is 0 Å². The van der Waals surface area contributed by atoms with Crippen LogP contribution in [0.15, 0.2) is 0 Å². The normalized spacial score (nSPS) is 13.3. The van der Waals surface area contributed by atoms with E-state index in [0.29, 0.717) is 19.3 Å². The molecule has 0 heterocycles. The largest absolute Gasteiger partial charge is 0.501 e. The predicted molar refractivity (Wildman–Crippen MR) is 60.0 cm³/mol. The predicted octanol–water partition coefficient (Wildman–Crippen LogP) is 2.65. The average Bonchev–Trinajstić information content (AvgIpc) is 2.02. The van der Waals surface area contributed by atoms with Gasteiger partial charge in [0, 0.05) is 19.3 Å². The van der Waals surface area contributed by atoms with Crippen molar-refractivity contribution < 1.29 is 13.3 Å². The molecule has 0 saturated heterocycles. The van der Waals surface area contributed by atoms with Crippen LogP contribution in [0.5, 0.6) is 0 Å². The van der Waals surface area contributed by atoms with Crippen LogP contribution >= 0.6 is 0 Å².